The number of hydrogen-bond acceptors (Lipinski definition) is 7. The van der Waals surface area contributed by atoms with E-state index in [4.69, 9.17) is 9.72 Å². The van der Waals surface area contributed by atoms with Gasteiger partial charge in [0.15, 0.2) is 0 Å². The molecule has 2 aromatic heterocycles. The number of rotatable bonds is 7. The van der Waals surface area contributed by atoms with Gasteiger partial charge in [0, 0.05) is 37.3 Å². The van der Waals surface area contributed by atoms with Crippen molar-refractivity contribution in [1.29, 1.82) is 0 Å². The number of hydrogen-bond donors (Lipinski definition) is 2. The number of imidazole rings is 1. The van der Waals surface area contributed by atoms with Gasteiger partial charge in [0.2, 0.25) is 5.95 Å². The lowest BCUT2D eigenvalue weighted by molar-refractivity contribution is 0.0484. The first kappa shape index (κ1) is 29.7. The molecule has 1 aliphatic heterocycles. The summed E-state index contributed by atoms with van der Waals surface area (Å²) in [6.07, 6.45) is 2.97. The number of nitrogens with zero attached hydrogens (tertiary/aromatic N) is 6. The number of carbonyl (C=O) groups excluding carboxylic acids is 2. The van der Waals surface area contributed by atoms with Gasteiger partial charge in [-0.05, 0) is 42.1 Å². The molecule has 4 aromatic carbocycles. The predicted molar refractivity (Wildman–Crippen MR) is 181 cm³/mol. The van der Waals surface area contributed by atoms with Crippen LogP contribution in [-0.4, -0.2) is 73.2 Å². The summed E-state index contributed by atoms with van der Waals surface area (Å²) < 4.78 is 7.65. The van der Waals surface area contributed by atoms with E-state index in [1.807, 2.05) is 115 Å². The molecule has 236 valence electrons. The third-order valence-electron chi connectivity index (χ3n) is 8.45. The van der Waals surface area contributed by atoms with Crippen molar-refractivity contribution in [2.24, 2.45) is 0 Å². The highest BCUT2D eigenvalue weighted by Crippen LogP contribution is 2.25. The van der Waals surface area contributed by atoms with E-state index in [1.165, 1.54) is 0 Å². The third-order valence-corrected chi connectivity index (χ3v) is 8.45. The lowest BCUT2D eigenvalue weighted by atomic mass is 10.1. The van der Waals surface area contributed by atoms with E-state index in [2.05, 4.69) is 20.6 Å². The van der Waals surface area contributed by atoms with Gasteiger partial charge in [-0.2, -0.15) is 4.98 Å². The number of para-hydroxylation sites is 2. The first-order valence-electron chi connectivity index (χ1n) is 15.6. The van der Waals surface area contributed by atoms with Crippen LogP contribution in [0.15, 0.2) is 116 Å². The summed E-state index contributed by atoms with van der Waals surface area (Å²) in [5.41, 5.74) is 3.42. The molecule has 1 fully saturated rings. The van der Waals surface area contributed by atoms with E-state index >= 15 is 0 Å². The van der Waals surface area contributed by atoms with Crippen LogP contribution in [0.25, 0.3) is 27.6 Å². The molecule has 6 aromatic rings. The van der Waals surface area contributed by atoms with Crippen molar-refractivity contribution in [1.82, 2.24) is 29.3 Å². The molecule has 11 heteroatoms. The maximum absolute atomic E-state index is 13.6. The zero-order valence-electron chi connectivity index (χ0n) is 25.9. The van der Waals surface area contributed by atoms with Crippen LogP contribution in [0.3, 0.4) is 0 Å². The molecule has 3 amide bonds. The van der Waals surface area contributed by atoms with Gasteiger partial charge in [0.1, 0.15) is 18.8 Å². The second kappa shape index (κ2) is 13.2. The minimum Gasteiger partial charge on any atom is -0.445 e. The summed E-state index contributed by atoms with van der Waals surface area (Å²) in [5, 5.41) is 8.48. The van der Waals surface area contributed by atoms with Crippen molar-refractivity contribution in [2.45, 2.75) is 25.6 Å². The van der Waals surface area contributed by atoms with Gasteiger partial charge in [0.25, 0.3) is 0 Å². The summed E-state index contributed by atoms with van der Waals surface area (Å²) in [5.74, 6) is 1.05. The Labute approximate surface area is 271 Å². The normalized spacial score (nSPS) is 15.4. The highest BCUT2D eigenvalue weighted by molar-refractivity contribution is 6.01. The Kier molecular flexibility index (Phi) is 8.33. The number of ether oxygens (including phenoxy) is 1. The molecule has 0 radical (unpaired) electrons. The van der Waals surface area contributed by atoms with Crippen molar-refractivity contribution in [2.75, 3.05) is 30.3 Å². The average Bonchev–Trinajstić information content (AvgIpc) is 3.55. The SMILES string of the molecule is C[C@H](Nc1nccc(-n2cnc3ccccc32)n1)[C@@H]1CN(C(=O)Nc2cccc3ccccc23)CCN1C(=O)OCc1ccccc1. The van der Waals surface area contributed by atoms with Gasteiger partial charge in [-0.15, -0.1) is 0 Å². The maximum atomic E-state index is 13.6. The summed E-state index contributed by atoms with van der Waals surface area (Å²) in [7, 11) is 0. The minimum absolute atomic E-state index is 0.153. The van der Waals surface area contributed by atoms with Gasteiger partial charge < -0.3 is 20.3 Å². The fraction of sp³-hybridized carbons (Fsp3) is 0.194. The molecule has 0 aliphatic carbocycles. The van der Waals surface area contributed by atoms with Gasteiger partial charge >= 0.3 is 12.1 Å². The van der Waals surface area contributed by atoms with Crippen LogP contribution in [-0.2, 0) is 11.3 Å². The van der Waals surface area contributed by atoms with Crippen molar-refractivity contribution >= 4 is 45.6 Å². The summed E-state index contributed by atoms with van der Waals surface area (Å²) in [6.45, 7) is 3.03. The van der Waals surface area contributed by atoms with Crippen molar-refractivity contribution in [3.8, 4) is 5.82 Å². The second-order valence-electron chi connectivity index (χ2n) is 11.5. The van der Waals surface area contributed by atoms with E-state index in [1.54, 1.807) is 22.3 Å². The molecular weight excluding hydrogens is 592 g/mol. The van der Waals surface area contributed by atoms with E-state index in [9.17, 15) is 9.59 Å². The van der Waals surface area contributed by atoms with Crippen LogP contribution in [0, 0.1) is 0 Å². The van der Waals surface area contributed by atoms with Crippen molar-refractivity contribution in [3.05, 3.63) is 121 Å². The Hall–Kier alpha value is -5.97. The van der Waals surface area contributed by atoms with Gasteiger partial charge in [0.05, 0.1) is 22.8 Å². The second-order valence-corrected chi connectivity index (χ2v) is 11.5. The molecule has 2 atom stereocenters. The van der Waals surface area contributed by atoms with E-state index in [0.717, 1.165) is 33.1 Å². The lowest BCUT2D eigenvalue weighted by Gasteiger charge is -2.43. The van der Waals surface area contributed by atoms with E-state index in [-0.39, 0.29) is 25.2 Å². The van der Waals surface area contributed by atoms with Gasteiger partial charge in [-0.1, -0.05) is 78.9 Å². The molecule has 1 aliphatic rings. The van der Waals surface area contributed by atoms with E-state index < -0.39 is 12.1 Å². The smallest absolute Gasteiger partial charge is 0.410 e. The zero-order chi connectivity index (χ0) is 32.2. The Morgan fingerprint density at radius 3 is 2.57 bits per heavy atom. The summed E-state index contributed by atoms with van der Waals surface area (Å²) in [6, 6.07) is 32.0. The standard InChI is InChI=1S/C36H34N8O3/c1-25(39-34-37-19-18-33(41-34)44-24-38-30-15-7-8-17-31(30)44)32-22-42(20-21-43(32)36(46)47-23-26-10-3-2-4-11-26)35(45)40-29-16-9-13-27-12-5-6-14-28(27)29/h2-19,24-25,32H,20-23H2,1H3,(H,40,45)(H,37,39,41)/t25-,32-/m0/s1. The summed E-state index contributed by atoms with van der Waals surface area (Å²) >= 11 is 0. The van der Waals surface area contributed by atoms with Crippen LogP contribution in [0.2, 0.25) is 0 Å². The highest BCUT2D eigenvalue weighted by atomic mass is 16.6. The molecule has 0 saturated carbocycles. The molecular formula is C36H34N8O3. The van der Waals surface area contributed by atoms with Gasteiger partial charge in [-0.25, -0.2) is 19.6 Å². The fourth-order valence-electron chi connectivity index (χ4n) is 5.97. The Morgan fingerprint density at radius 2 is 1.68 bits per heavy atom. The molecule has 0 unspecified atom stereocenters. The largest absolute Gasteiger partial charge is 0.445 e. The quantitative estimate of drug-likeness (QED) is 0.213. The molecule has 7 rings (SSSR count). The number of amides is 3. The van der Waals surface area contributed by atoms with Crippen LogP contribution in [0.1, 0.15) is 12.5 Å². The maximum Gasteiger partial charge on any atom is 0.410 e. The van der Waals surface area contributed by atoms with Crippen LogP contribution < -0.4 is 10.6 Å². The van der Waals surface area contributed by atoms with Crippen molar-refractivity contribution in [3.63, 3.8) is 0 Å². The Morgan fingerprint density at radius 1 is 0.894 bits per heavy atom. The summed E-state index contributed by atoms with van der Waals surface area (Å²) in [4.78, 5) is 44.3. The average molecular weight is 627 g/mol. The Bertz CT molecular complexity index is 2030. The number of benzene rings is 4. The molecule has 47 heavy (non-hydrogen) atoms. The Balaban J connectivity index is 1.11. The first-order chi connectivity index (χ1) is 23.0. The van der Waals surface area contributed by atoms with Crippen LogP contribution in [0.5, 0.6) is 0 Å². The number of piperazine rings is 1. The first-order valence-corrected chi connectivity index (χ1v) is 15.6. The number of carbonyl (C=O) groups is 2. The molecule has 0 spiro atoms. The van der Waals surface area contributed by atoms with Crippen LogP contribution in [0.4, 0.5) is 21.2 Å². The number of urea groups is 1. The number of anilines is 2. The molecule has 2 N–H and O–H groups in total. The van der Waals surface area contributed by atoms with E-state index in [0.29, 0.717) is 24.9 Å². The van der Waals surface area contributed by atoms with Crippen molar-refractivity contribution < 1.29 is 14.3 Å². The minimum atomic E-state index is -0.443. The molecule has 1 saturated heterocycles. The molecule has 0 bridgehead atoms. The molecule has 11 nitrogen and oxygen atoms in total. The van der Waals surface area contributed by atoms with Gasteiger partial charge in [-0.3, -0.25) is 9.47 Å². The topological polar surface area (TPSA) is 118 Å². The third kappa shape index (κ3) is 6.41. The molecule has 3 heterocycles. The number of nitrogens with one attached hydrogen (secondary N) is 2. The van der Waals surface area contributed by atoms with Crippen LogP contribution >= 0.6 is 0 Å². The highest BCUT2D eigenvalue weighted by Gasteiger charge is 2.37. The number of aromatic nitrogens is 4. The monoisotopic (exact) mass is 626 g/mol. The lowest BCUT2D eigenvalue weighted by Crippen LogP contribution is -2.61. The number of fused-ring (bicyclic) bond motifs is 2. The fourth-order valence-corrected chi connectivity index (χ4v) is 5.97. The predicted octanol–water partition coefficient (Wildman–Crippen LogP) is 6.32. The zero-order valence-corrected chi connectivity index (χ0v) is 25.9.